The van der Waals surface area contributed by atoms with Crippen LogP contribution in [0.2, 0.25) is 0 Å². The largest absolute Gasteiger partial charge is 0.394 e. The number of carbonyl (C=O) groups excluding carboxylic acids is 1. The fourth-order valence-corrected chi connectivity index (χ4v) is 11.0. The molecular formula is C64H117NO18. The molecule has 3 rings (SSSR count). The number of ether oxygens (including phenoxy) is 6. The van der Waals surface area contributed by atoms with Gasteiger partial charge in [0.05, 0.1) is 38.6 Å². The maximum Gasteiger partial charge on any atom is 0.220 e. The lowest BCUT2D eigenvalue weighted by atomic mass is 9.96. The Bertz CT molecular complexity index is 1660. The predicted octanol–water partition coefficient (Wildman–Crippen LogP) is 7.27. The van der Waals surface area contributed by atoms with Crippen LogP contribution in [-0.4, -0.2) is 193 Å². The van der Waals surface area contributed by atoms with Crippen molar-refractivity contribution in [3.05, 3.63) is 36.5 Å². The van der Waals surface area contributed by atoms with E-state index >= 15 is 0 Å². The fraction of sp³-hybridized carbons (Fsp3) is 0.891. The zero-order valence-corrected chi connectivity index (χ0v) is 50.9. The van der Waals surface area contributed by atoms with Crippen molar-refractivity contribution in [3.8, 4) is 0 Å². The molecule has 3 aliphatic heterocycles. The molecule has 0 aliphatic carbocycles. The van der Waals surface area contributed by atoms with Gasteiger partial charge in [0.1, 0.15) is 73.2 Å². The molecule has 0 bridgehead atoms. The van der Waals surface area contributed by atoms with Gasteiger partial charge in [-0.2, -0.15) is 0 Å². The van der Waals surface area contributed by atoms with E-state index in [1.807, 2.05) is 6.08 Å². The van der Waals surface area contributed by atoms with Crippen molar-refractivity contribution in [2.75, 3.05) is 26.4 Å². The van der Waals surface area contributed by atoms with Crippen LogP contribution in [0, 0.1) is 0 Å². The summed E-state index contributed by atoms with van der Waals surface area (Å²) in [6, 6.07) is -0.993. The summed E-state index contributed by atoms with van der Waals surface area (Å²) in [5, 5.41) is 120. The van der Waals surface area contributed by atoms with Gasteiger partial charge >= 0.3 is 0 Å². The molecule has 83 heavy (non-hydrogen) atoms. The number of carbonyl (C=O) groups is 1. The van der Waals surface area contributed by atoms with Crippen molar-refractivity contribution >= 4 is 5.91 Å². The second-order valence-corrected chi connectivity index (χ2v) is 23.6. The van der Waals surface area contributed by atoms with Crippen LogP contribution in [0.4, 0.5) is 0 Å². The Morgan fingerprint density at radius 1 is 0.422 bits per heavy atom. The van der Waals surface area contributed by atoms with E-state index in [4.69, 9.17) is 28.4 Å². The van der Waals surface area contributed by atoms with E-state index in [0.717, 1.165) is 44.9 Å². The number of hydrogen-bond donors (Lipinski definition) is 12. The van der Waals surface area contributed by atoms with Crippen LogP contribution in [0.5, 0.6) is 0 Å². The van der Waals surface area contributed by atoms with E-state index in [0.29, 0.717) is 12.8 Å². The third-order valence-corrected chi connectivity index (χ3v) is 16.4. The Kier molecular flexibility index (Phi) is 42.7. The second-order valence-electron chi connectivity index (χ2n) is 23.6. The highest BCUT2D eigenvalue weighted by Gasteiger charge is 2.53. The SMILES string of the molecule is CCCCCCCCCCCC/C=C/CC/C=C/CC/C=C/C(O)C(COC1OC(CO)C(OC2OC(CO)C(OC3OC(CO)C(O)C(O)C3O)C(O)C2O)C(O)C1O)NC(=O)CCCCCCCCCCCCCCCCCCCC. The smallest absolute Gasteiger partial charge is 0.220 e. The molecule has 0 aromatic rings. The van der Waals surface area contributed by atoms with Crippen LogP contribution < -0.4 is 5.32 Å². The molecule has 3 heterocycles. The van der Waals surface area contributed by atoms with Gasteiger partial charge in [-0.1, -0.05) is 217 Å². The van der Waals surface area contributed by atoms with E-state index in [2.05, 4.69) is 43.5 Å². The first-order chi connectivity index (χ1) is 40.3. The van der Waals surface area contributed by atoms with E-state index in [1.165, 1.54) is 154 Å². The molecule has 0 aromatic carbocycles. The molecule has 0 saturated carbocycles. The van der Waals surface area contributed by atoms with Gasteiger partial charge in [-0.3, -0.25) is 4.79 Å². The molecule has 486 valence electrons. The highest BCUT2D eigenvalue weighted by Crippen LogP contribution is 2.33. The summed E-state index contributed by atoms with van der Waals surface area (Å²) in [6.07, 6.45) is 25.5. The zero-order chi connectivity index (χ0) is 60.5. The van der Waals surface area contributed by atoms with Gasteiger partial charge in [0.25, 0.3) is 0 Å². The lowest BCUT2D eigenvalue weighted by molar-refractivity contribution is -0.379. The molecule has 0 aromatic heterocycles. The van der Waals surface area contributed by atoms with E-state index in [9.17, 15) is 61.0 Å². The minimum atomic E-state index is -1.98. The van der Waals surface area contributed by atoms with E-state index in [1.54, 1.807) is 6.08 Å². The Morgan fingerprint density at radius 3 is 1.20 bits per heavy atom. The normalized spacial score (nSPS) is 29.6. The summed E-state index contributed by atoms with van der Waals surface area (Å²) in [5.41, 5.74) is 0. The average molecular weight is 1190 g/mol. The molecule has 19 heteroatoms. The Labute approximate surface area is 498 Å². The van der Waals surface area contributed by atoms with Crippen LogP contribution in [0.3, 0.4) is 0 Å². The number of allylic oxidation sites excluding steroid dienone is 5. The number of aliphatic hydroxyl groups is 11. The molecule has 17 unspecified atom stereocenters. The van der Waals surface area contributed by atoms with Crippen LogP contribution in [0.15, 0.2) is 36.5 Å². The molecule has 19 nitrogen and oxygen atoms in total. The first-order valence-electron chi connectivity index (χ1n) is 32.7. The highest BCUT2D eigenvalue weighted by atomic mass is 16.8. The highest BCUT2D eigenvalue weighted by molar-refractivity contribution is 5.76. The van der Waals surface area contributed by atoms with Crippen molar-refractivity contribution in [1.82, 2.24) is 5.32 Å². The minimum Gasteiger partial charge on any atom is -0.394 e. The Morgan fingerprint density at radius 2 is 0.771 bits per heavy atom. The van der Waals surface area contributed by atoms with Gasteiger partial charge in [-0.25, -0.2) is 0 Å². The average Bonchev–Trinajstić information content (AvgIpc) is 3.35. The van der Waals surface area contributed by atoms with Crippen molar-refractivity contribution in [3.63, 3.8) is 0 Å². The van der Waals surface area contributed by atoms with Crippen LogP contribution >= 0.6 is 0 Å². The first-order valence-corrected chi connectivity index (χ1v) is 32.7. The number of rotatable bonds is 49. The lowest BCUT2D eigenvalue weighted by Gasteiger charge is -2.48. The predicted molar refractivity (Wildman–Crippen MR) is 319 cm³/mol. The van der Waals surface area contributed by atoms with Crippen LogP contribution in [0.25, 0.3) is 0 Å². The summed E-state index contributed by atoms with van der Waals surface area (Å²) in [7, 11) is 0. The molecule has 0 radical (unpaired) electrons. The van der Waals surface area contributed by atoms with Crippen molar-refractivity contribution in [1.29, 1.82) is 0 Å². The second kappa shape index (κ2) is 47.1. The number of aliphatic hydroxyl groups excluding tert-OH is 11. The van der Waals surface area contributed by atoms with Gasteiger partial charge in [-0.05, 0) is 44.9 Å². The summed E-state index contributed by atoms with van der Waals surface area (Å²) in [5.74, 6) is -0.287. The molecule has 17 atom stereocenters. The third-order valence-electron chi connectivity index (χ3n) is 16.4. The van der Waals surface area contributed by atoms with Gasteiger partial charge in [0.2, 0.25) is 5.91 Å². The van der Waals surface area contributed by atoms with Crippen LogP contribution in [-0.2, 0) is 33.2 Å². The van der Waals surface area contributed by atoms with Gasteiger partial charge < -0.3 is 89.9 Å². The molecular weight excluding hydrogens is 1070 g/mol. The number of unbranched alkanes of at least 4 members (excludes halogenated alkanes) is 29. The molecule has 12 N–H and O–H groups in total. The van der Waals surface area contributed by atoms with Crippen molar-refractivity contribution in [2.24, 2.45) is 0 Å². The molecule has 3 saturated heterocycles. The van der Waals surface area contributed by atoms with Gasteiger partial charge in [0, 0.05) is 6.42 Å². The van der Waals surface area contributed by atoms with Gasteiger partial charge in [0.15, 0.2) is 18.9 Å². The summed E-state index contributed by atoms with van der Waals surface area (Å²) in [6.45, 7) is 1.72. The molecule has 0 spiro atoms. The van der Waals surface area contributed by atoms with Crippen molar-refractivity contribution < 1.29 is 89.4 Å². The first kappa shape index (κ1) is 75.3. The van der Waals surface area contributed by atoms with E-state index < -0.39 is 124 Å². The molecule has 3 fully saturated rings. The quantitative estimate of drug-likeness (QED) is 0.0211. The summed E-state index contributed by atoms with van der Waals surface area (Å²) < 4.78 is 34.3. The van der Waals surface area contributed by atoms with Crippen LogP contribution in [0.1, 0.15) is 232 Å². The Hall–Kier alpha value is -1.99. The molecule has 3 aliphatic rings. The Balaban J connectivity index is 1.49. The molecule has 1 amide bonds. The fourth-order valence-electron chi connectivity index (χ4n) is 11.0. The lowest BCUT2D eigenvalue weighted by Crippen LogP contribution is -2.66. The standard InChI is InChI=1S/C64H117NO18/c1-3-5-7-9-11-13-15-17-19-21-23-24-25-27-29-31-33-35-37-39-41-48(69)47(65-52(70)42-40-38-36-34-32-30-28-26-22-20-18-16-14-12-10-8-6-4-2)46-78-62-58(76)55(73)60(50(44-67)80-62)83-64-59(77)56(74)61(51(45-68)81-64)82-63-57(75)54(72)53(71)49(43-66)79-63/h24-25,31,33,39,41,47-51,53-64,66-69,71-77H,3-23,26-30,32,34-38,40,42-46H2,1-2H3,(H,65,70)/b25-24+,33-31+,41-39+. The third kappa shape index (κ3) is 30.2. The van der Waals surface area contributed by atoms with Gasteiger partial charge in [-0.15, -0.1) is 0 Å². The van der Waals surface area contributed by atoms with Crippen molar-refractivity contribution in [2.45, 2.75) is 336 Å². The monoisotopic (exact) mass is 1190 g/mol. The number of hydrogen-bond acceptors (Lipinski definition) is 18. The minimum absolute atomic E-state index is 0.236. The maximum absolute atomic E-state index is 13.4. The maximum atomic E-state index is 13.4. The topological polar surface area (TPSA) is 307 Å². The summed E-state index contributed by atoms with van der Waals surface area (Å²) >= 11 is 0. The zero-order valence-electron chi connectivity index (χ0n) is 50.9. The number of amides is 1. The van der Waals surface area contributed by atoms with E-state index in [-0.39, 0.29) is 18.9 Å². The number of nitrogens with one attached hydrogen (secondary N) is 1. The summed E-state index contributed by atoms with van der Waals surface area (Å²) in [4.78, 5) is 13.4.